The fourth-order valence-corrected chi connectivity index (χ4v) is 4.55. The number of ether oxygens (including phenoxy) is 1. The normalized spacial score (nSPS) is 33.2. The number of rotatable bonds is 4. The van der Waals surface area contributed by atoms with Crippen molar-refractivity contribution in [3.63, 3.8) is 0 Å². The quantitative estimate of drug-likeness (QED) is 0.574. The molecule has 1 aliphatic heterocycles. The van der Waals surface area contributed by atoms with Crippen LogP contribution < -0.4 is 0 Å². The molecule has 0 aromatic heterocycles. The topological polar surface area (TPSA) is 26.3 Å². The van der Waals surface area contributed by atoms with Crippen molar-refractivity contribution in [2.45, 2.75) is 63.5 Å². The van der Waals surface area contributed by atoms with E-state index in [1.54, 1.807) is 0 Å². The van der Waals surface area contributed by atoms with E-state index < -0.39 is 10.8 Å². The van der Waals surface area contributed by atoms with E-state index in [2.05, 4.69) is 6.92 Å². The molecule has 3 atom stereocenters. The van der Waals surface area contributed by atoms with Crippen molar-refractivity contribution in [2.24, 2.45) is 5.92 Å². The van der Waals surface area contributed by atoms with E-state index in [0.29, 0.717) is 11.2 Å². The van der Waals surface area contributed by atoms with E-state index in [0.717, 1.165) is 25.2 Å². The lowest BCUT2D eigenvalue weighted by molar-refractivity contribution is 0.211. The minimum atomic E-state index is -0.596. The molecule has 0 radical (unpaired) electrons. The first-order chi connectivity index (χ1) is 8.77. The summed E-state index contributed by atoms with van der Waals surface area (Å²) in [6.07, 6.45) is 11.9. The molecule has 2 nitrogen and oxygen atoms in total. The van der Waals surface area contributed by atoms with Gasteiger partial charge in [0.2, 0.25) is 0 Å². The van der Waals surface area contributed by atoms with Crippen molar-refractivity contribution in [3.05, 3.63) is 11.8 Å². The fourth-order valence-electron chi connectivity index (χ4n) is 3.02. The van der Waals surface area contributed by atoms with E-state index in [-0.39, 0.29) is 0 Å². The molecular weight excluding hydrogens is 244 g/mol. The SMILES string of the molecule is CC1C(CCOC=C2CCCCC2)CCCS1=O. The number of hydrogen-bond acceptors (Lipinski definition) is 2. The Kier molecular flexibility index (Phi) is 5.74. The molecule has 18 heavy (non-hydrogen) atoms. The van der Waals surface area contributed by atoms with Crippen LogP contribution in [-0.4, -0.2) is 21.8 Å². The Morgan fingerprint density at radius 1 is 1.28 bits per heavy atom. The van der Waals surface area contributed by atoms with Gasteiger partial charge in [-0.1, -0.05) is 13.3 Å². The molecule has 3 heteroatoms. The van der Waals surface area contributed by atoms with Crippen LogP contribution in [0.25, 0.3) is 0 Å². The van der Waals surface area contributed by atoms with Gasteiger partial charge in [0.05, 0.1) is 12.9 Å². The largest absolute Gasteiger partial charge is 0.501 e. The molecule has 1 saturated carbocycles. The van der Waals surface area contributed by atoms with Gasteiger partial charge in [-0.05, 0) is 56.4 Å². The summed E-state index contributed by atoms with van der Waals surface area (Å²) in [5, 5.41) is 0.365. The fraction of sp³-hybridized carbons (Fsp3) is 0.867. The van der Waals surface area contributed by atoms with Gasteiger partial charge in [0.1, 0.15) is 0 Å². The molecule has 2 aliphatic rings. The van der Waals surface area contributed by atoms with Crippen LogP contribution in [0.15, 0.2) is 11.8 Å². The molecule has 2 rings (SSSR count). The summed E-state index contributed by atoms with van der Waals surface area (Å²) in [5.74, 6) is 1.51. The summed E-state index contributed by atoms with van der Waals surface area (Å²) in [5.41, 5.74) is 1.49. The smallest absolute Gasteiger partial charge is 0.0876 e. The molecule has 1 heterocycles. The maximum Gasteiger partial charge on any atom is 0.0876 e. The molecule has 1 saturated heterocycles. The van der Waals surface area contributed by atoms with Crippen LogP contribution in [0.2, 0.25) is 0 Å². The number of hydrogen-bond donors (Lipinski definition) is 0. The predicted molar refractivity (Wildman–Crippen MR) is 76.9 cm³/mol. The summed E-state index contributed by atoms with van der Waals surface area (Å²) in [4.78, 5) is 0. The number of allylic oxidation sites excluding steroid dienone is 1. The van der Waals surface area contributed by atoms with Crippen molar-refractivity contribution in [1.82, 2.24) is 0 Å². The lowest BCUT2D eigenvalue weighted by Gasteiger charge is -2.27. The summed E-state index contributed by atoms with van der Waals surface area (Å²) < 4.78 is 17.4. The Morgan fingerprint density at radius 3 is 2.83 bits per heavy atom. The highest BCUT2D eigenvalue weighted by Gasteiger charge is 2.26. The minimum Gasteiger partial charge on any atom is -0.501 e. The van der Waals surface area contributed by atoms with Gasteiger partial charge in [0.15, 0.2) is 0 Å². The van der Waals surface area contributed by atoms with Gasteiger partial charge < -0.3 is 4.74 Å². The molecule has 0 N–H and O–H groups in total. The maximum absolute atomic E-state index is 11.7. The highest BCUT2D eigenvalue weighted by atomic mass is 32.2. The van der Waals surface area contributed by atoms with Crippen LogP contribution >= 0.6 is 0 Å². The van der Waals surface area contributed by atoms with E-state index in [1.165, 1.54) is 44.1 Å². The standard InChI is InChI=1S/C15H26O2S/c1-13-15(8-5-11-18(13)16)9-10-17-12-14-6-3-2-4-7-14/h12-13,15H,2-11H2,1H3. The molecule has 0 aromatic rings. The van der Waals surface area contributed by atoms with Gasteiger partial charge in [-0.2, -0.15) is 0 Å². The van der Waals surface area contributed by atoms with Crippen molar-refractivity contribution in [2.75, 3.05) is 12.4 Å². The zero-order chi connectivity index (χ0) is 12.8. The van der Waals surface area contributed by atoms with E-state index >= 15 is 0 Å². The van der Waals surface area contributed by atoms with Crippen LogP contribution in [0.4, 0.5) is 0 Å². The Balaban J connectivity index is 1.66. The molecular formula is C15H26O2S. The second-order valence-corrected chi connectivity index (χ2v) is 7.60. The Labute approximate surface area is 114 Å². The van der Waals surface area contributed by atoms with Crippen molar-refractivity contribution in [3.8, 4) is 0 Å². The van der Waals surface area contributed by atoms with Gasteiger partial charge in [-0.3, -0.25) is 4.21 Å². The first-order valence-corrected chi connectivity index (χ1v) is 8.82. The van der Waals surface area contributed by atoms with E-state index in [1.807, 2.05) is 6.26 Å². The average molecular weight is 270 g/mol. The van der Waals surface area contributed by atoms with E-state index in [9.17, 15) is 4.21 Å². The van der Waals surface area contributed by atoms with Crippen molar-refractivity contribution in [1.29, 1.82) is 0 Å². The summed E-state index contributed by atoms with van der Waals surface area (Å²) in [6.45, 7) is 2.94. The molecule has 104 valence electrons. The molecule has 1 aliphatic carbocycles. The second-order valence-electron chi connectivity index (χ2n) is 5.69. The van der Waals surface area contributed by atoms with Crippen molar-refractivity contribution >= 4 is 10.8 Å². The van der Waals surface area contributed by atoms with Gasteiger partial charge in [0.25, 0.3) is 0 Å². The maximum atomic E-state index is 11.7. The molecule has 2 fully saturated rings. The molecule has 3 unspecified atom stereocenters. The first kappa shape index (κ1) is 14.1. The van der Waals surface area contributed by atoms with Crippen LogP contribution in [0.3, 0.4) is 0 Å². The first-order valence-electron chi connectivity index (χ1n) is 7.44. The zero-order valence-electron chi connectivity index (χ0n) is 11.5. The van der Waals surface area contributed by atoms with Gasteiger partial charge in [0, 0.05) is 21.8 Å². The zero-order valence-corrected chi connectivity index (χ0v) is 12.3. The van der Waals surface area contributed by atoms with Crippen LogP contribution in [-0.2, 0) is 15.5 Å². The van der Waals surface area contributed by atoms with Gasteiger partial charge >= 0.3 is 0 Å². The summed E-state index contributed by atoms with van der Waals surface area (Å²) >= 11 is 0. The Hall–Kier alpha value is -0.310. The Morgan fingerprint density at radius 2 is 2.06 bits per heavy atom. The Bertz CT molecular complexity index is 304. The molecule has 0 amide bonds. The third-order valence-corrected chi connectivity index (χ3v) is 6.26. The summed E-state index contributed by atoms with van der Waals surface area (Å²) in [7, 11) is -0.596. The van der Waals surface area contributed by atoms with Crippen LogP contribution in [0, 0.1) is 5.92 Å². The third kappa shape index (κ3) is 4.11. The van der Waals surface area contributed by atoms with E-state index in [4.69, 9.17) is 4.74 Å². The van der Waals surface area contributed by atoms with Gasteiger partial charge in [-0.25, -0.2) is 0 Å². The van der Waals surface area contributed by atoms with Crippen LogP contribution in [0.5, 0.6) is 0 Å². The van der Waals surface area contributed by atoms with Crippen LogP contribution in [0.1, 0.15) is 58.3 Å². The van der Waals surface area contributed by atoms with Crippen molar-refractivity contribution < 1.29 is 8.95 Å². The summed E-state index contributed by atoms with van der Waals surface area (Å²) in [6, 6.07) is 0. The highest BCUT2D eigenvalue weighted by molar-refractivity contribution is 7.85. The monoisotopic (exact) mass is 270 g/mol. The minimum absolute atomic E-state index is 0.365. The highest BCUT2D eigenvalue weighted by Crippen LogP contribution is 2.26. The average Bonchev–Trinajstić information content (AvgIpc) is 2.40. The lowest BCUT2D eigenvalue weighted by Crippen LogP contribution is -2.30. The molecule has 0 bridgehead atoms. The van der Waals surface area contributed by atoms with Gasteiger partial charge in [-0.15, -0.1) is 0 Å². The molecule has 0 spiro atoms. The predicted octanol–water partition coefficient (Wildman–Crippen LogP) is 3.79. The lowest BCUT2D eigenvalue weighted by atomic mass is 9.96. The second kappa shape index (κ2) is 7.32. The third-order valence-electron chi connectivity index (χ3n) is 4.35. The molecule has 0 aromatic carbocycles.